The minimum atomic E-state index is -0.131. The third kappa shape index (κ3) is 3.67. The molecule has 1 fully saturated rings. The van der Waals surface area contributed by atoms with Crippen molar-refractivity contribution in [1.82, 2.24) is 25.5 Å². The molecule has 1 saturated heterocycles. The number of carbonyl (C=O) groups excluding carboxylic acids is 1. The minimum absolute atomic E-state index is 0.107. The lowest BCUT2D eigenvalue weighted by Crippen LogP contribution is -2.48. The summed E-state index contributed by atoms with van der Waals surface area (Å²) in [6.45, 7) is 3.82. The Morgan fingerprint density at radius 2 is 2.07 bits per heavy atom. The minimum Gasteiger partial charge on any atom is -0.355 e. The smallest absolute Gasteiger partial charge is 0.252 e. The van der Waals surface area contributed by atoms with Gasteiger partial charge >= 0.3 is 0 Å². The van der Waals surface area contributed by atoms with Crippen molar-refractivity contribution < 1.29 is 4.79 Å². The Labute approximate surface area is 167 Å². The Hall–Kier alpha value is -2.65. The summed E-state index contributed by atoms with van der Waals surface area (Å²) in [5.41, 5.74) is 8.05. The van der Waals surface area contributed by atoms with Gasteiger partial charge in [-0.1, -0.05) is 23.9 Å². The summed E-state index contributed by atoms with van der Waals surface area (Å²) in [5.74, 6) is 0.697. The van der Waals surface area contributed by atoms with Crippen LogP contribution in [0, 0.1) is 0 Å². The summed E-state index contributed by atoms with van der Waals surface area (Å²) in [6.07, 6.45) is 3.63. The average molecular weight is 398 g/mol. The number of aromatic amines is 1. The second kappa shape index (κ2) is 7.40. The molecule has 4 N–H and O–H groups in total. The van der Waals surface area contributed by atoms with Crippen LogP contribution in [-0.2, 0) is 0 Å². The summed E-state index contributed by atoms with van der Waals surface area (Å²) in [7, 11) is 1.62. The molecule has 0 saturated carbocycles. The number of benzene rings is 1. The van der Waals surface area contributed by atoms with Gasteiger partial charge < -0.3 is 16.0 Å². The van der Waals surface area contributed by atoms with E-state index in [-0.39, 0.29) is 11.4 Å². The molecule has 9 heteroatoms. The Balaban J connectivity index is 1.59. The summed E-state index contributed by atoms with van der Waals surface area (Å²) < 4.78 is 0. The fraction of sp³-hybridized carbons (Fsp3) is 0.368. The highest BCUT2D eigenvalue weighted by atomic mass is 32.2. The van der Waals surface area contributed by atoms with E-state index in [2.05, 4.69) is 32.3 Å². The molecule has 1 amide bonds. The molecule has 0 aliphatic carbocycles. The van der Waals surface area contributed by atoms with Crippen LogP contribution in [0.15, 0.2) is 40.4 Å². The van der Waals surface area contributed by atoms with E-state index in [1.54, 1.807) is 19.3 Å². The van der Waals surface area contributed by atoms with Crippen molar-refractivity contribution in [2.75, 3.05) is 25.0 Å². The molecule has 1 aromatic carbocycles. The number of rotatable bonds is 4. The van der Waals surface area contributed by atoms with Gasteiger partial charge in [0.15, 0.2) is 10.7 Å². The van der Waals surface area contributed by atoms with Crippen LogP contribution in [0.4, 0.5) is 5.82 Å². The number of hydrogen-bond acceptors (Lipinski definition) is 7. The van der Waals surface area contributed by atoms with Crippen molar-refractivity contribution in [3.05, 3.63) is 36.0 Å². The molecule has 8 nitrogen and oxygen atoms in total. The second-order valence-corrected chi connectivity index (χ2v) is 8.30. The third-order valence-electron chi connectivity index (χ3n) is 5.02. The van der Waals surface area contributed by atoms with Crippen LogP contribution in [0.3, 0.4) is 0 Å². The maximum absolute atomic E-state index is 12.1. The molecular weight excluding hydrogens is 374 g/mol. The zero-order chi connectivity index (χ0) is 19.7. The van der Waals surface area contributed by atoms with Gasteiger partial charge in [-0.05, 0) is 31.9 Å². The van der Waals surface area contributed by atoms with Crippen molar-refractivity contribution >= 4 is 34.7 Å². The molecule has 4 rings (SSSR count). The first kappa shape index (κ1) is 18.7. The zero-order valence-electron chi connectivity index (χ0n) is 15.9. The fourth-order valence-corrected chi connectivity index (χ4v) is 4.19. The summed E-state index contributed by atoms with van der Waals surface area (Å²) in [5, 5.41) is 10.7. The van der Waals surface area contributed by atoms with Gasteiger partial charge in [-0.25, -0.2) is 9.97 Å². The van der Waals surface area contributed by atoms with E-state index in [0.29, 0.717) is 21.8 Å². The molecular formula is C19H23N7OS. The highest BCUT2D eigenvalue weighted by Gasteiger charge is 2.27. The number of H-pyrrole nitrogens is 1. The number of fused-ring (bicyclic) bond motifs is 1. The van der Waals surface area contributed by atoms with Crippen LogP contribution < -0.4 is 16.0 Å². The number of anilines is 1. The van der Waals surface area contributed by atoms with E-state index < -0.39 is 0 Å². The van der Waals surface area contributed by atoms with Crippen LogP contribution in [-0.4, -0.2) is 51.7 Å². The molecule has 0 atom stereocenters. The van der Waals surface area contributed by atoms with E-state index >= 15 is 0 Å². The summed E-state index contributed by atoms with van der Waals surface area (Å²) in [4.78, 5) is 24.4. The van der Waals surface area contributed by atoms with Crippen LogP contribution in [0.5, 0.6) is 0 Å². The van der Waals surface area contributed by atoms with E-state index in [1.165, 1.54) is 11.8 Å². The monoisotopic (exact) mass is 397 g/mol. The summed E-state index contributed by atoms with van der Waals surface area (Å²) in [6, 6.07) is 7.43. The highest BCUT2D eigenvalue weighted by Crippen LogP contribution is 2.33. The van der Waals surface area contributed by atoms with Gasteiger partial charge in [0.2, 0.25) is 0 Å². The number of nitrogens with one attached hydrogen (secondary N) is 2. The quantitative estimate of drug-likeness (QED) is 0.618. The standard InChI is InChI=1S/C19H23N7OS/c1-19(20)7-9-26(10-8-19)14-11-22-15-16(23-14)24-25-18(15)28-13-6-4-3-5-12(13)17(27)21-2/h3-6,11H,7-10,20H2,1-2H3,(H,21,27)(H,23,24,25). The highest BCUT2D eigenvalue weighted by molar-refractivity contribution is 7.99. The van der Waals surface area contributed by atoms with E-state index in [4.69, 9.17) is 10.7 Å². The first-order valence-corrected chi connectivity index (χ1v) is 10.0. The van der Waals surface area contributed by atoms with E-state index in [0.717, 1.165) is 36.6 Å². The molecule has 2 aromatic heterocycles. The molecule has 3 aromatic rings. The molecule has 1 aliphatic rings. The van der Waals surface area contributed by atoms with E-state index in [9.17, 15) is 4.79 Å². The first-order chi connectivity index (χ1) is 13.5. The SMILES string of the molecule is CNC(=O)c1ccccc1Sc1n[nH]c2nc(N3CCC(C)(N)CC3)cnc12. The third-order valence-corrected chi connectivity index (χ3v) is 6.07. The van der Waals surface area contributed by atoms with Crippen LogP contribution in [0.1, 0.15) is 30.1 Å². The summed E-state index contributed by atoms with van der Waals surface area (Å²) >= 11 is 1.40. The lowest BCUT2D eigenvalue weighted by Gasteiger charge is -2.37. The molecule has 0 spiro atoms. The van der Waals surface area contributed by atoms with Crippen LogP contribution in [0.25, 0.3) is 11.2 Å². The van der Waals surface area contributed by atoms with Crippen molar-refractivity contribution in [2.45, 2.75) is 35.2 Å². The van der Waals surface area contributed by atoms with Crippen LogP contribution >= 0.6 is 11.8 Å². The van der Waals surface area contributed by atoms with Crippen molar-refractivity contribution in [3.8, 4) is 0 Å². The van der Waals surface area contributed by atoms with Crippen molar-refractivity contribution in [1.29, 1.82) is 0 Å². The Bertz CT molecular complexity index is 1010. The van der Waals surface area contributed by atoms with Gasteiger partial charge in [0.25, 0.3) is 5.91 Å². The number of piperidine rings is 1. The van der Waals surface area contributed by atoms with Crippen LogP contribution in [0.2, 0.25) is 0 Å². The lowest BCUT2D eigenvalue weighted by atomic mass is 9.91. The first-order valence-electron chi connectivity index (χ1n) is 9.21. The normalized spacial score (nSPS) is 16.3. The molecule has 3 heterocycles. The Kier molecular flexibility index (Phi) is 4.94. The molecule has 28 heavy (non-hydrogen) atoms. The number of nitrogens with zero attached hydrogens (tertiary/aromatic N) is 4. The topological polar surface area (TPSA) is 113 Å². The van der Waals surface area contributed by atoms with Gasteiger partial charge in [-0.2, -0.15) is 5.10 Å². The Morgan fingerprint density at radius 1 is 1.32 bits per heavy atom. The number of carbonyl (C=O) groups is 1. The van der Waals surface area contributed by atoms with Crippen molar-refractivity contribution in [2.24, 2.45) is 5.73 Å². The zero-order valence-corrected chi connectivity index (χ0v) is 16.7. The predicted octanol–water partition coefficient (Wildman–Crippen LogP) is 2.18. The average Bonchev–Trinajstić information content (AvgIpc) is 3.10. The second-order valence-electron chi connectivity index (χ2n) is 7.27. The Morgan fingerprint density at radius 3 is 2.82 bits per heavy atom. The number of amides is 1. The largest absolute Gasteiger partial charge is 0.355 e. The van der Waals surface area contributed by atoms with Gasteiger partial charge in [-0.15, -0.1) is 0 Å². The maximum atomic E-state index is 12.1. The molecule has 0 radical (unpaired) electrons. The number of hydrogen-bond donors (Lipinski definition) is 3. The van der Waals surface area contributed by atoms with Gasteiger partial charge in [0, 0.05) is 30.6 Å². The molecule has 0 unspecified atom stereocenters. The van der Waals surface area contributed by atoms with Gasteiger partial charge in [0.1, 0.15) is 11.3 Å². The molecule has 146 valence electrons. The van der Waals surface area contributed by atoms with E-state index in [1.807, 2.05) is 18.2 Å². The van der Waals surface area contributed by atoms with Gasteiger partial charge in [-0.3, -0.25) is 9.89 Å². The fourth-order valence-electron chi connectivity index (χ4n) is 3.22. The maximum Gasteiger partial charge on any atom is 0.252 e. The van der Waals surface area contributed by atoms with Crippen molar-refractivity contribution in [3.63, 3.8) is 0 Å². The number of aromatic nitrogens is 4. The van der Waals surface area contributed by atoms with Gasteiger partial charge in [0.05, 0.1) is 11.8 Å². The predicted molar refractivity (Wildman–Crippen MR) is 110 cm³/mol. The number of nitrogens with two attached hydrogens (primary N) is 1. The molecule has 0 bridgehead atoms. The lowest BCUT2D eigenvalue weighted by molar-refractivity contribution is 0.0960. The molecule has 1 aliphatic heterocycles.